The molecule has 3 heterocycles. The first-order valence-electron chi connectivity index (χ1n) is 32.2. The van der Waals surface area contributed by atoms with Crippen molar-refractivity contribution < 1.29 is 5.11 Å². The number of nitrogens with zero attached hydrogens (tertiary/aromatic N) is 4. The van der Waals surface area contributed by atoms with Crippen LogP contribution in [0, 0.1) is 7.14 Å². The number of aromatic nitrogens is 2. The molecule has 1 aliphatic heterocycles. The summed E-state index contributed by atoms with van der Waals surface area (Å²) >= 11 is -2.11. The van der Waals surface area contributed by atoms with E-state index in [9.17, 15) is 5.11 Å². The van der Waals surface area contributed by atoms with Crippen LogP contribution in [0.5, 0.6) is 0 Å². The van der Waals surface area contributed by atoms with Crippen molar-refractivity contribution in [2.24, 2.45) is 10.7 Å². The fourth-order valence-electron chi connectivity index (χ4n) is 14.2. The van der Waals surface area contributed by atoms with Gasteiger partial charge in [0.15, 0.2) is 6.29 Å². The van der Waals surface area contributed by atoms with Gasteiger partial charge in [0.25, 0.3) is 0 Å². The molecule has 2 aromatic heterocycles. The Hall–Kier alpha value is -10.3. The molecular weight excluding hydrogens is 1250 g/mol. The predicted octanol–water partition coefficient (Wildman–Crippen LogP) is 20.4. The maximum atomic E-state index is 11.1. The van der Waals surface area contributed by atoms with Crippen LogP contribution in [0.2, 0.25) is 0 Å². The van der Waals surface area contributed by atoms with Gasteiger partial charge in [0, 0.05) is 50.0 Å². The number of anilines is 5. The van der Waals surface area contributed by atoms with E-state index in [0.717, 1.165) is 107 Å². The van der Waals surface area contributed by atoms with Crippen LogP contribution >= 0.6 is 19.8 Å². The normalized spacial score (nSPS) is 16.3. The summed E-state index contributed by atoms with van der Waals surface area (Å²) in [5.41, 5.74) is 26.6. The summed E-state index contributed by atoms with van der Waals surface area (Å²) in [5, 5.41) is 19.2. The molecule has 0 spiro atoms. The van der Waals surface area contributed by atoms with E-state index >= 15 is 0 Å². The number of aliphatic imine (C=N–C) groups is 1. The molecule has 0 amide bonds. The average molecular weight is 1320 g/mol. The number of aliphatic hydroxyl groups is 1. The van der Waals surface area contributed by atoms with Gasteiger partial charge in [0.2, 0.25) is 0 Å². The maximum absolute atomic E-state index is 11.1. The summed E-state index contributed by atoms with van der Waals surface area (Å²) in [6, 6.07) is 96.8. The summed E-state index contributed by atoms with van der Waals surface area (Å²) in [5.74, 6) is 1.04. The minimum Gasteiger partial charge on any atom is -0.354 e. The summed E-state index contributed by atoms with van der Waals surface area (Å²) < 4.78 is 5.08. The number of fused-ring (bicyclic) bond motifs is 9. The molecule has 2 aliphatic carbocycles. The minimum absolute atomic E-state index is 0.131. The number of halogens is 1. The predicted molar refractivity (Wildman–Crippen MR) is 397 cm³/mol. The van der Waals surface area contributed by atoms with Crippen molar-refractivity contribution in [3.63, 3.8) is 0 Å². The van der Waals surface area contributed by atoms with E-state index in [1.165, 1.54) is 29.7 Å². The second-order valence-corrected chi connectivity index (χ2v) is 30.1. The Labute approximate surface area is 550 Å². The van der Waals surface area contributed by atoms with Gasteiger partial charge in [0.05, 0.1) is 23.1 Å². The molecule has 5 unspecified atom stereocenters. The summed E-state index contributed by atoms with van der Waals surface area (Å²) in [4.78, 5) is 14.0. The number of amidine groups is 1. The first-order valence-corrected chi connectivity index (χ1v) is 35.6. The van der Waals surface area contributed by atoms with Crippen molar-refractivity contribution >= 4 is 97.7 Å². The van der Waals surface area contributed by atoms with Gasteiger partial charge in [-0.05, 0) is 65.6 Å². The molecule has 0 saturated carbocycles. The second-order valence-electron chi connectivity index (χ2n) is 24.3. The van der Waals surface area contributed by atoms with Crippen LogP contribution in [0.4, 0.5) is 28.4 Å². The molecule has 13 aromatic rings. The number of hydrogen-bond donors (Lipinski definition) is 4. The molecule has 11 aromatic carbocycles. The Morgan fingerprint density at radius 1 is 0.581 bits per heavy atom. The number of allylic oxidation sites excluding steroid dienone is 5. The number of hydrogen-bond acceptors (Lipinski definition) is 5. The first-order chi connectivity index (χ1) is 45.9. The van der Waals surface area contributed by atoms with Crippen LogP contribution in [-0.4, -0.2) is 37.1 Å². The molecule has 5 N–H and O–H groups in total. The molecule has 5 atom stereocenters. The number of aromatic amines is 1. The third-order valence-corrected chi connectivity index (χ3v) is 25.6. The Balaban J connectivity index is 0.792. The van der Waals surface area contributed by atoms with E-state index in [1.807, 2.05) is 24.3 Å². The Morgan fingerprint density at radius 2 is 1.18 bits per heavy atom. The average Bonchev–Trinajstić information content (AvgIpc) is 1.59. The number of H-pyrrole nitrogens is 1. The van der Waals surface area contributed by atoms with E-state index < -0.39 is 26.1 Å². The number of alkyl halides is 1. The number of rotatable bonds is 16. The summed E-state index contributed by atoms with van der Waals surface area (Å²) in [6.07, 6.45) is 17.0. The van der Waals surface area contributed by atoms with Gasteiger partial charge in [-0.15, -0.1) is 0 Å². The number of nitrogens with two attached hydrogens (primary N) is 1. The molecule has 16 rings (SSSR count). The zero-order valence-electron chi connectivity index (χ0n) is 51.6. The van der Waals surface area contributed by atoms with Crippen molar-refractivity contribution in [1.29, 1.82) is 0 Å². The van der Waals surface area contributed by atoms with Crippen LogP contribution in [0.15, 0.2) is 320 Å². The molecule has 454 valence electrons. The monoisotopic (exact) mass is 1320 g/mol. The fourth-order valence-corrected chi connectivity index (χ4v) is 20.7. The van der Waals surface area contributed by atoms with Crippen LogP contribution in [0.3, 0.4) is 0 Å². The molecule has 0 bridgehead atoms. The van der Waals surface area contributed by atoms with Crippen LogP contribution in [-0.2, 0) is 0 Å². The van der Waals surface area contributed by atoms with Crippen LogP contribution < -0.4 is 20.9 Å². The topological polar surface area (TPSA) is 97.8 Å². The van der Waals surface area contributed by atoms with Crippen molar-refractivity contribution in [3.8, 4) is 22.3 Å². The minimum atomic E-state index is -2.11. The fraction of sp³-hybridized carbons (Fsp3) is 0.107. The number of benzene rings is 11. The van der Waals surface area contributed by atoms with E-state index in [2.05, 4.69) is 317 Å². The summed E-state index contributed by atoms with van der Waals surface area (Å²) in [7, 11) is 0. The molecule has 0 radical (unpaired) electrons. The van der Waals surface area contributed by atoms with E-state index in [-0.39, 0.29) is 22.6 Å². The third kappa shape index (κ3) is 11.0. The zero-order valence-corrected chi connectivity index (χ0v) is 53.8. The van der Waals surface area contributed by atoms with E-state index in [4.69, 9.17) is 10.7 Å². The molecule has 0 saturated heterocycles. The Morgan fingerprint density at radius 3 is 1.88 bits per heavy atom. The number of nitrogens with one attached hydrogen (secondary N) is 2. The smallest absolute Gasteiger partial charge is 0.354 e. The zero-order chi connectivity index (χ0) is 62.4. The van der Waals surface area contributed by atoms with Gasteiger partial charge in [-0.3, -0.25) is 10.7 Å². The third-order valence-electron chi connectivity index (χ3n) is 18.8. The quantitative estimate of drug-likeness (QED) is 0.0254. The van der Waals surface area contributed by atoms with Gasteiger partial charge in [-0.25, -0.2) is 0 Å². The molecule has 93 heavy (non-hydrogen) atoms. The van der Waals surface area contributed by atoms with E-state index in [1.54, 1.807) is 0 Å². The SMILES string of the molecule is CC(N=C(NC(N)n1c2ccc(N(c3ccc(-c4ccc(N5c6ccccc6C6C=CC=CC65)cc4)cc3)c3ccc(-c4ccc(I(c5ccccc5)C(CO)C5=CC=CCC5)cc4)cc3)cc2c2cc3[nH]c4ccccc4c3cc21)c1ccccc1)c1ccccc1. The van der Waals surface area contributed by atoms with Crippen LogP contribution in [0.1, 0.15) is 54.7 Å². The van der Waals surface area contributed by atoms with Gasteiger partial charge in [-0.2, -0.15) is 0 Å². The second kappa shape index (κ2) is 25.1. The van der Waals surface area contributed by atoms with Gasteiger partial charge in [0.1, 0.15) is 5.84 Å². The molecular formula is C84H70IN7O. The standard InChI is InChI=1S/C84H70IN7O/c1-56(57-20-6-2-7-21-57)87-83(63-24-10-4-11-25-63)89-84(86)92-81-51-50-69(52-74(81)75-53-78-73(54-82(75)92)70-28-14-17-31-77(70)88-78)90(67-46-38-60(39-47-67)61-40-48-68(49-41-61)91-79-32-18-15-29-71(79)72-30-16-19-33-80(72)91)66-44-36-59(37-45-66)58-34-42-65(43-35-58)85(64-26-12-5-13-27-64)76(55-93)62-22-8-3-9-23-62/h2-8,10-22,24-54,56,71,76,79,84,88,93H,9,23,55,86H2,1H3,(H,87,89). The van der Waals surface area contributed by atoms with Gasteiger partial charge in [-0.1, -0.05) is 133 Å². The van der Waals surface area contributed by atoms with Crippen molar-refractivity contribution in [2.75, 3.05) is 16.4 Å². The molecule has 9 heteroatoms. The van der Waals surface area contributed by atoms with Crippen LogP contribution in [0.25, 0.3) is 65.9 Å². The molecule has 3 aliphatic rings. The number of aliphatic hydroxyl groups excluding tert-OH is 1. The van der Waals surface area contributed by atoms with Gasteiger partial charge >= 0.3 is 239 Å². The van der Waals surface area contributed by atoms with Gasteiger partial charge < -0.3 is 19.8 Å². The molecule has 8 nitrogen and oxygen atoms in total. The molecule has 0 fully saturated rings. The first kappa shape index (κ1) is 57.8. The Kier molecular flexibility index (Phi) is 15.6. The Bertz CT molecular complexity index is 5030. The van der Waals surface area contributed by atoms with Crippen molar-refractivity contribution in [2.45, 2.75) is 48.0 Å². The van der Waals surface area contributed by atoms with E-state index in [0.29, 0.717) is 11.8 Å². The van der Waals surface area contributed by atoms with Crippen molar-refractivity contribution in [1.82, 2.24) is 14.9 Å². The van der Waals surface area contributed by atoms with Crippen molar-refractivity contribution in [3.05, 3.63) is 339 Å². The summed E-state index contributed by atoms with van der Waals surface area (Å²) in [6.45, 7) is 2.28. The number of para-hydroxylation sites is 2.